The third-order valence-electron chi connectivity index (χ3n) is 3.72. The van der Waals surface area contributed by atoms with Crippen LogP contribution < -0.4 is 14.8 Å². The fourth-order valence-corrected chi connectivity index (χ4v) is 2.45. The lowest BCUT2D eigenvalue weighted by molar-refractivity contribution is 0.297. The van der Waals surface area contributed by atoms with Gasteiger partial charge < -0.3 is 14.8 Å². The van der Waals surface area contributed by atoms with Crippen molar-refractivity contribution in [2.24, 2.45) is 0 Å². The Morgan fingerprint density at radius 3 is 2.57 bits per heavy atom. The summed E-state index contributed by atoms with van der Waals surface area (Å²) in [6, 6.07) is 17.0. The van der Waals surface area contributed by atoms with Gasteiger partial charge in [0.05, 0.1) is 13.2 Å². The summed E-state index contributed by atoms with van der Waals surface area (Å²) in [7, 11) is 0. The second-order valence-corrected chi connectivity index (χ2v) is 5.34. The molecule has 3 rings (SSSR count). The lowest BCUT2D eigenvalue weighted by Gasteiger charge is -2.15. The smallest absolute Gasteiger partial charge is 0.161 e. The van der Waals surface area contributed by atoms with Crippen LogP contribution in [0, 0.1) is 0 Å². The number of fused-ring (bicyclic) bond motifs is 1. The van der Waals surface area contributed by atoms with Crippen LogP contribution in [-0.4, -0.2) is 13.2 Å². The number of ether oxygens (including phenoxy) is 2. The molecule has 1 aliphatic rings. The van der Waals surface area contributed by atoms with Crippen molar-refractivity contribution in [1.82, 2.24) is 5.32 Å². The lowest BCUT2D eigenvalue weighted by atomic mass is 10.1. The normalized spacial score (nSPS) is 15.3. The molecule has 1 N–H and O–H groups in total. The van der Waals surface area contributed by atoms with Crippen molar-refractivity contribution in [2.75, 3.05) is 13.2 Å². The molecule has 21 heavy (non-hydrogen) atoms. The zero-order chi connectivity index (χ0) is 14.5. The highest BCUT2D eigenvalue weighted by molar-refractivity contribution is 5.43. The van der Waals surface area contributed by atoms with E-state index >= 15 is 0 Å². The van der Waals surface area contributed by atoms with E-state index in [0.717, 1.165) is 37.7 Å². The van der Waals surface area contributed by atoms with Gasteiger partial charge in [0.15, 0.2) is 11.5 Å². The molecule has 0 saturated carbocycles. The van der Waals surface area contributed by atoms with Crippen molar-refractivity contribution < 1.29 is 9.47 Å². The Kier molecular flexibility index (Phi) is 4.41. The van der Waals surface area contributed by atoms with Crippen LogP contribution in [-0.2, 0) is 6.54 Å². The van der Waals surface area contributed by atoms with E-state index in [4.69, 9.17) is 9.47 Å². The molecule has 0 aliphatic carbocycles. The van der Waals surface area contributed by atoms with Gasteiger partial charge in [-0.2, -0.15) is 0 Å². The molecule has 0 saturated heterocycles. The number of hydrogen-bond donors (Lipinski definition) is 1. The maximum atomic E-state index is 5.73. The van der Waals surface area contributed by atoms with Crippen LogP contribution in [0.25, 0.3) is 0 Å². The van der Waals surface area contributed by atoms with Gasteiger partial charge in [-0.05, 0) is 30.2 Å². The van der Waals surface area contributed by atoms with E-state index in [0.29, 0.717) is 6.04 Å². The summed E-state index contributed by atoms with van der Waals surface area (Å²) >= 11 is 0. The molecule has 0 fully saturated rings. The molecular weight excluding hydrogens is 262 g/mol. The van der Waals surface area contributed by atoms with E-state index in [-0.39, 0.29) is 0 Å². The molecular formula is C18H21NO2. The van der Waals surface area contributed by atoms with Gasteiger partial charge in [0.2, 0.25) is 0 Å². The van der Waals surface area contributed by atoms with Crippen molar-refractivity contribution in [3.63, 3.8) is 0 Å². The highest BCUT2D eigenvalue weighted by atomic mass is 16.5. The Bertz CT molecular complexity index is 583. The van der Waals surface area contributed by atoms with Crippen LogP contribution in [0.15, 0.2) is 48.5 Å². The van der Waals surface area contributed by atoms with Gasteiger partial charge in [-0.25, -0.2) is 0 Å². The molecule has 0 bridgehead atoms. The van der Waals surface area contributed by atoms with Gasteiger partial charge >= 0.3 is 0 Å². The molecule has 1 heterocycles. The Morgan fingerprint density at radius 2 is 1.76 bits per heavy atom. The highest BCUT2D eigenvalue weighted by Gasteiger charge is 2.11. The summed E-state index contributed by atoms with van der Waals surface area (Å²) in [4.78, 5) is 0. The Hall–Kier alpha value is -2.00. The number of nitrogens with one attached hydrogen (secondary N) is 1. The van der Waals surface area contributed by atoms with E-state index in [2.05, 4.69) is 48.6 Å². The molecule has 3 heteroatoms. The van der Waals surface area contributed by atoms with Gasteiger partial charge in [0, 0.05) is 19.0 Å². The van der Waals surface area contributed by atoms with Gasteiger partial charge in [0.1, 0.15) is 0 Å². The summed E-state index contributed by atoms with van der Waals surface area (Å²) in [6.07, 6.45) is 0.938. The maximum absolute atomic E-state index is 5.73. The number of hydrogen-bond acceptors (Lipinski definition) is 3. The largest absolute Gasteiger partial charge is 0.490 e. The summed E-state index contributed by atoms with van der Waals surface area (Å²) in [5.41, 5.74) is 2.51. The van der Waals surface area contributed by atoms with Crippen LogP contribution in [0.3, 0.4) is 0 Å². The molecule has 110 valence electrons. The van der Waals surface area contributed by atoms with Gasteiger partial charge in [-0.15, -0.1) is 0 Å². The predicted octanol–water partition coefficient (Wildman–Crippen LogP) is 3.70. The fourth-order valence-electron chi connectivity index (χ4n) is 2.45. The topological polar surface area (TPSA) is 30.5 Å². The molecule has 1 atom stereocenters. The Balaban J connectivity index is 1.64. The van der Waals surface area contributed by atoms with E-state index < -0.39 is 0 Å². The van der Waals surface area contributed by atoms with Crippen molar-refractivity contribution in [3.05, 3.63) is 59.7 Å². The van der Waals surface area contributed by atoms with Crippen LogP contribution in [0.2, 0.25) is 0 Å². The summed E-state index contributed by atoms with van der Waals surface area (Å²) in [5.74, 6) is 1.71. The molecule has 0 unspecified atom stereocenters. The number of benzene rings is 2. The monoisotopic (exact) mass is 283 g/mol. The average Bonchev–Trinajstić information content (AvgIpc) is 2.78. The minimum absolute atomic E-state index is 0.321. The molecule has 0 amide bonds. The average molecular weight is 283 g/mol. The first-order chi connectivity index (χ1) is 10.3. The van der Waals surface area contributed by atoms with Crippen LogP contribution >= 0.6 is 0 Å². The summed E-state index contributed by atoms with van der Waals surface area (Å²) in [5, 5.41) is 3.54. The molecule has 2 aromatic rings. The van der Waals surface area contributed by atoms with E-state index in [9.17, 15) is 0 Å². The first-order valence-corrected chi connectivity index (χ1v) is 7.50. The van der Waals surface area contributed by atoms with Crippen molar-refractivity contribution in [2.45, 2.75) is 25.9 Å². The molecule has 3 nitrogen and oxygen atoms in total. The van der Waals surface area contributed by atoms with E-state index in [1.54, 1.807) is 0 Å². The number of rotatable bonds is 4. The predicted molar refractivity (Wildman–Crippen MR) is 83.7 cm³/mol. The van der Waals surface area contributed by atoms with Crippen LogP contribution in [0.5, 0.6) is 11.5 Å². The fraction of sp³-hybridized carbons (Fsp3) is 0.333. The standard InChI is InChI=1S/C18H21NO2/c1-14(16-6-3-2-4-7-16)19-13-15-8-9-17-18(12-15)21-11-5-10-20-17/h2-4,6-9,12,14,19H,5,10-11,13H2,1H3/t14-/m1/s1. The summed E-state index contributed by atoms with van der Waals surface area (Å²) in [6.45, 7) is 4.45. The SMILES string of the molecule is C[C@@H](NCc1ccc2c(c1)OCCCO2)c1ccccc1. The zero-order valence-corrected chi connectivity index (χ0v) is 12.3. The molecule has 0 radical (unpaired) electrons. The first-order valence-electron chi connectivity index (χ1n) is 7.50. The molecule has 1 aliphatic heterocycles. The first kappa shape index (κ1) is 14.0. The van der Waals surface area contributed by atoms with Gasteiger partial charge in [-0.1, -0.05) is 36.4 Å². The second-order valence-electron chi connectivity index (χ2n) is 5.34. The van der Waals surface area contributed by atoms with Crippen LogP contribution in [0.1, 0.15) is 30.5 Å². The van der Waals surface area contributed by atoms with Crippen LogP contribution in [0.4, 0.5) is 0 Å². The minimum Gasteiger partial charge on any atom is -0.490 e. The Labute approximate surface area is 125 Å². The second kappa shape index (κ2) is 6.64. The van der Waals surface area contributed by atoms with Gasteiger partial charge in [-0.3, -0.25) is 0 Å². The van der Waals surface area contributed by atoms with Crippen molar-refractivity contribution in [3.8, 4) is 11.5 Å². The third kappa shape index (κ3) is 3.56. The summed E-state index contributed by atoms with van der Waals surface area (Å²) < 4.78 is 11.4. The highest BCUT2D eigenvalue weighted by Crippen LogP contribution is 2.30. The molecule has 2 aromatic carbocycles. The quantitative estimate of drug-likeness (QED) is 0.928. The molecule has 0 spiro atoms. The zero-order valence-electron chi connectivity index (χ0n) is 12.3. The lowest BCUT2D eigenvalue weighted by Crippen LogP contribution is -2.18. The third-order valence-corrected chi connectivity index (χ3v) is 3.72. The maximum Gasteiger partial charge on any atom is 0.161 e. The molecule has 0 aromatic heterocycles. The minimum atomic E-state index is 0.321. The van der Waals surface area contributed by atoms with Gasteiger partial charge in [0.25, 0.3) is 0 Å². The van der Waals surface area contributed by atoms with Crippen molar-refractivity contribution in [1.29, 1.82) is 0 Å². The van der Waals surface area contributed by atoms with E-state index in [1.807, 2.05) is 12.1 Å². The van der Waals surface area contributed by atoms with Crippen molar-refractivity contribution >= 4 is 0 Å². The van der Waals surface area contributed by atoms with E-state index in [1.165, 1.54) is 11.1 Å². The Morgan fingerprint density at radius 1 is 1.00 bits per heavy atom.